The second-order valence-electron chi connectivity index (χ2n) is 3.66. The Bertz CT molecular complexity index is 483. The van der Waals surface area contributed by atoms with Crippen molar-refractivity contribution in [1.29, 1.82) is 0 Å². The van der Waals surface area contributed by atoms with Gasteiger partial charge >= 0.3 is 5.97 Å². The molecule has 18 heavy (non-hydrogen) atoms. The van der Waals surface area contributed by atoms with E-state index in [1.54, 1.807) is 0 Å². The molecule has 4 nitrogen and oxygen atoms in total. The highest BCUT2D eigenvalue weighted by atomic mass is 19.1. The standard InChI is InChI=1S/C13H14FNO3/c1-2-7-15-13(18)10-4-3-9(11(14)8-10)5-6-12(16)17/h3-6,8H,2,7H2,1H3,(H,15,18)(H,16,17). The molecule has 0 aromatic heterocycles. The topological polar surface area (TPSA) is 66.4 Å². The fourth-order valence-corrected chi connectivity index (χ4v) is 1.31. The van der Waals surface area contributed by atoms with Crippen molar-refractivity contribution in [2.75, 3.05) is 6.54 Å². The summed E-state index contributed by atoms with van der Waals surface area (Å²) >= 11 is 0. The highest BCUT2D eigenvalue weighted by molar-refractivity contribution is 5.94. The number of hydrogen-bond donors (Lipinski definition) is 2. The van der Waals surface area contributed by atoms with Gasteiger partial charge in [-0.2, -0.15) is 0 Å². The third-order valence-electron chi connectivity index (χ3n) is 2.20. The summed E-state index contributed by atoms with van der Waals surface area (Å²) in [5, 5.41) is 11.1. The molecule has 1 aromatic rings. The quantitative estimate of drug-likeness (QED) is 0.787. The van der Waals surface area contributed by atoms with E-state index in [0.29, 0.717) is 6.54 Å². The molecule has 0 atom stereocenters. The fraction of sp³-hybridized carbons (Fsp3) is 0.231. The van der Waals surface area contributed by atoms with Crippen LogP contribution in [0.1, 0.15) is 29.3 Å². The highest BCUT2D eigenvalue weighted by Crippen LogP contribution is 2.12. The summed E-state index contributed by atoms with van der Waals surface area (Å²) in [6.07, 6.45) is 2.79. The van der Waals surface area contributed by atoms with Crippen LogP contribution in [-0.2, 0) is 4.79 Å². The number of benzene rings is 1. The summed E-state index contributed by atoms with van der Waals surface area (Å²) in [7, 11) is 0. The molecule has 0 fully saturated rings. The van der Waals surface area contributed by atoms with E-state index in [1.807, 2.05) is 6.92 Å². The van der Waals surface area contributed by atoms with Crippen LogP contribution < -0.4 is 5.32 Å². The van der Waals surface area contributed by atoms with E-state index in [0.717, 1.165) is 24.6 Å². The molecule has 0 spiro atoms. The highest BCUT2D eigenvalue weighted by Gasteiger charge is 2.07. The minimum atomic E-state index is -1.15. The van der Waals surface area contributed by atoms with Crippen LogP contribution in [0.3, 0.4) is 0 Å². The Labute approximate surface area is 104 Å². The van der Waals surface area contributed by atoms with Crippen molar-refractivity contribution < 1.29 is 19.1 Å². The Morgan fingerprint density at radius 2 is 2.17 bits per heavy atom. The van der Waals surface area contributed by atoms with E-state index in [4.69, 9.17) is 5.11 Å². The van der Waals surface area contributed by atoms with Crippen molar-refractivity contribution >= 4 is 18.0 Å². The average molecular weight is 251 g/mol. The van der Waals surface area contributed by atoms with Gasteiger partial charge in [-0.25, -0.2) is 9.18 Å². The van der Waals surface area contributed by atoms with E-state index in [1.165, 1.54) is 12.1 Å². The predicted octanol–water partition coefficient (Wildman–Crippen LogP) is 2.06. The van der Waals surface area contributed by atoms with Crippen LogP contribution >= 0.6 is 0 Å². The molecule has 0 bridgehead atoms. The third kappa shape index (κ3) is 4.01. The van der Waals surface area contributed by atoms with Crippen LogP contribution in [0.25, 0.3) is 6.08 Å². The average Bonchev–Trinajstić information content (AvgIpc) is 2.34. The van der Waals surface area contributed by atoms with E-state index in [2.05, 4.69) is 5.32 Å². The zero-order valence-corrected chi connectivity index (χ0v) is 9.94. The monoisotopic (exact) mass is 251 g/mol. The number of carbonyl (C=O) groups is 2. The van der Waals surface area contributed by atoms with E-state index in [9.17, 15) is 14.0 Å². The largest absolute Gasteiger partial charge is 0.478 e. The Morgan fingerprint density at radius 1 is 1.44 bits per heavy atom. The third-order valence-corrected chi connectivity index (χ3v) is 2.20. The maximum atomic E-state index is 13.6. The second-order valence-corrected chi connectivity index (χ2v) is 3.66. The Hall–Kier alpha value is -2.17. The van der Waals surface area contributed by atoms with Crippen molar-refractivity contribution in [1.82, 2.24) is 5.32 Å². The number of carboxylic acid groups (broad SMARTS) is 1. The van der Waals surface area contributed by atoms with Gasteiger partial charge in [-0.15, -0.1) is 0 Å². The Balaban J connectivity index is 2.85. The normalized spacial score (nSPS) is 10.6. The summed E-state index contributed by atoms with van der Waals surface area (Å²) in [5.74, 6) is -2.12. The van der Waals surface area contributed by atoms with Gasteiger partial charge in [0.2, 0.25) is 0 Å². The minimum Gasteiger partial charge on any atom is -0.478 e. The SMILES string of the molecule is CCCNC(=O)c1ccc(C=CC(=O)O)c(F)c1. The van der Waals surface area contributed by atoms with Crippen LogP contribution in [0.15, 0.2) is 24.3 Å². The first-order valence-electron chi connectivity index (χ1n) is 5.53. The molecular weight excluding hydrogens is 237 g/mol. The van der Waals surface area contributed by atoms with Gasteiger partial charge in [0.15, 0.2) is 0 Å². The van der Waals surface area contributed by atoms with Crippen LogP contribution in [-0.4, -0.2) is 23.5 Å². The zero-order valence-electron chi connectivity index (χ0n) is 9.94. The summed E-state index contributed by atoms with van der Waals surface area (Å²) in [5.41, 5.74) is 0.345. The van der Waals surface area contributed by atoms with Gasteiger partial charge < -0.3 is 10.4 Å². The number of aliphatic carboxylic acids is 1. The van der Waals surface area contributed by atoms with Crippen LogP contribution in [0.4, 0.5) is 4.39 Å². The van der Waals surface area contributed by atoms with E-state index >= 15 is 0 Å². The van der Waals surface area contributed by atoms with Gasteiger partial charge in [0.05, 0.1) is 0 Å². The van der Waals surface area contributed by atoms with E-state index in [-0.39, 0.29) is 17.0 Å². The van der Waals surface area contributed by atoms with Gasteiger partial charge in [0, 0.05) is 23.7 Å². The van der Waals surface area contributed by atoms with Crippen molar-refractivity contribution in [2.24, 2.45) is 0 Å². The lowest BCUT2D eigenvalue weighted by Gasteiger charge is -2.04. The predicted molar refractivity (Wildman–Crippen MR) is 65.7 cm³/mol. The lowest BCUT2D eigenvalue weighted by molar-refractivity contribution is -0.131. The number of carboxylic acids is 1. The molecule has 2 N–H and O–H groups in total. The van der Waals surface area contributed by atoms with Gasteiger partial charge in [0.25, 0.3) is 5.91 Å². The van der Waals surface area contributed by atoms with Gasteiger partial charge in [-0.1, -0.05) is 13.0 Å². The number of carbonyl (C=O) groups excluding carboxylic acids is 1. The Morgan fingerprint density at radius 3 is 2.72 bits per heavy atom. The smallest absolute Gasteiger partial charge is 0.328 e. The molecule has 0 unspecified atom stereocenters. The molecule has 0 aliphatic rings. The zero-order chi connectivity index (χ0) is 13.5. The summed E-state index contributed by atoms with van der Waals surface area (Å²) < 4.78 is 13.6. The molecule has 5 heteroatoms. The van der Waals surface area contributed by atoms with E-state index < -0.39 is 11.8 Å². The summed E-state index contributed by atoms with van der Waals surface area (Å²) in [6, 6.07) is 3.91. The molecule has 0 aliphatic heterocycles. The van der Waals surface area contributed by atoms with Crippen LogP contribution in [0, 0.1) is 5.82 Å². The molecule has 0 aliphatic carbocycles. The van der Waals surface area contributed by atoms with Gasteiger partial charge in [0.1, 0.15) is 5.82 Å². The number of amides is 1. The van der Waals surface area contributed by atoms with Gasteiger partial charge in [-0.05, 0) is 24.6 Å². The lowest BCUT2D eigenvalue weighted by Crippen LogP contribution is -2.24. The first-order chi connectivity index (χ1) is 8.54. The van der Waals surface area contributed by atoms with Crippen molar-refractivity contribution in [3.8, 4) is 0 Å². The van der Waals surface area contributed by atoms with Crippen molar-refractivity contribution in [3.05, 3.63) is 41.2 Å². The summed E-state index contributed by atoms with van der Waals surface area (Å²) in [4.78, 5) is 21.8. The number of nitrogens with one attached hydrogen (secondary N) is 1. The second kappa shape index (κ2) is 6.54. The van der Waals surface area contributed by atoms with Crippen LogP contribution in [0.2, 0.25) is 0 Å². The lowest BCUT2D eigenvalue weighted by atomic mass is 10.1. The molecule has 1 rings (SSSR count). The van der Waals surface area contributed by atoms with Crippen molar-refractivity contribution in [2.45, 2.75) is 13.3 Å². The molecule has 0 saturated carbocycles. The van der Waals surface area contributed by atoms with Gasteiger partial charge in [-0.3, -0.25) is 4.79 Å². The van der Waals surface area contributed by atoms with Crippen LogP contribution in [0.5, 0.6) is 0 Å². The summed E-state index contributed by atoms with van der Waals surface area (Å²) in [6.45, 7) is 2.45. The first kappa shape index (κ1) is 13.9. The maximum Gasteiger partial charge on any atom is 0.328 e. The molecule has 1 amide bonds. The maximum absolute atomic E-state index is 13.6. The number of rotatable bonds is 5. The fourth-order valence-electron chi connectivity index (χ4n) is 1.31. The minimum absolute atomic E-state index is 0.129. The molecule has 0 radical (unpaired) electrons. The molecule has 0 saturated heterocycles. The van der Waals surface area contributed by atoms with Crippen molar-refractivity contribution in [3.63, 3.8) is 0 Å². The number of hydrogen-bond acceptors (Lipinski definition) is 2. The first-order valence-corrected chi connectivity index (χ1v) is 5.53. The molecule has 0 heterocycles. The Kier molecular flexibility index (Phi) is 5.05. The molecule has 1 aromatic carbocycles. The number of halogens is 1. The molecule has 96 valence electrons. The molecular formula is C13H14FNO3.